The molecule has 0 fully saturated rings. The van der Waals surface area contributed by atoms with E-state index in [1.54, 1.807) is 23.9 Å². The number of nitrogens with one attached hydrogen (secondary N) is 1. The molecule has 0 aromatic heterocycles. The molecule has 0 bridgehead atoms. The fourth-order valence-electron chi connectivity index (χ4n) is 2.40. The quantitative estimate of drug-likeness (QED) is 0.780. The normalized spacial score (nSPS) is 13.7. The van der Waals surface area contributed by atoms with Gasteiger partial charge in [-0.1, -0.05) is 45.0 Å². The molecule has 1 atom stereocenters. The van der Waals surface area contributed by atoms with E-state index in [0.717, 1.165) is 10.5 Å². The molecule has 2 aromatic rings. The Morgan fingerprint density at radius 3 is 1.96 bits per heavy atom. The summed E-state index contributed by atoms with van der Waals surface area (Å²) in [4.78, 5) is 1.33. The van der Waals surface area contributed by atoms with Crippen molar-refractivity contribution in [1.82, 2.24) is 4.72 Å². The van der Waals surface area contributed by atoms with Crippen molar-refractivity contribution in [3.63, 3.8) is 0 Å². The molecule has 3 nitrogen and oxygen atoms in total. The van der Waals surface area contributed by atoms with Crippen LogP contribution < -0.4 is 4.72 Å². The molecular weight excluding hydrogens is 338 g/mol. The molecule has 0 saturated carbocycles. The Balaban J connectivity index is 2.16. The first-order valence-electron chi connectivity index (χ1n) is 7.90. The predicted octanol–water partition coefficient (Wildman–Crippen LogP) is 4.75. The minimum atomic E-state index is -3.53. The van der Waals surface area contributed by atoms with Gasteiger partial charge in [0.2, 0.25) is 10.0 Å². The van der Waals surface area contributed by atoms with E-state index in [2.05, 4.69) is 37.6 Å². The summed E-state index contributed by atoms with van der Waals surface area (Å²) in [6, 6.07) is 14.7. The van der Waals surface area contributed by atoms with Gasteiger partial charge in [-0.25, -0.2) is 13.1 Å². The lowest BCUT2D eigenvalue weighted by Gasteiger charge is -2.20. The van der Waals surface area contributed by atoms with Crippen LogP contribution in [0.2, 0.25) is 0 Å². The monoisotopic (exact) mass is 363 g/mol. The van der Waals surface area contributed by atoms with Crippen LogP contribution >= 0.6 is 11.8 Å². The lowest BCUT2D eigenvalue weighted by atomic mass is 9.86. The molecule has 0 saturated heterocycles. The van der Waals surface area contributed by atoms with Gasteiger partial charge in [-0.05, 0) is 54.0 Å². The third kappa shape index (κ3) is 4.62. The van der Waals surface area contributed by atoms with Crippen molar-refractivity contribution < 1.29 is 8.42 Å². The molecule has 130 valence electrons. The molecule has 0 heterocycles. The van der Waals surface area contributed by atoms with Gasteiger partial charge in [0.05, 0.1) is 4.90 Å². The second-order valence-electron chi connectivity index (χ2n) is 6.89. The van der Waals surface area contributed by atoms with Gasteiger partial charge >= 0.3 is 0 Å². The highest BCUT2D eigenvalue weighted by molar-refractivity contribution is 7.98. The van der Waals surface area contributed by atoms with Crippen LogP contribution in [0, 0.1) is 0 Å². The molecule has 0 amide bonds. The predicted molar refractivity (Wildman–Crippen MR) is 102 cm³/mol. The highest BCUT2D eigenvalue weighted by atomic mass is 32.2. The van der Waals surface area contributed by atoms with Gasteiger partial charge in [0.25, 0.3) is 0 Å². The second-order valence-corrected chi connectivity index (χ2v) is 9.48. The average Bonchev–Trinajstić information content (AvgIpc) is 2.54. The summed E-state index contributed by atoms with van der Waals surface area (Å²) in [6.07, 6.45) is 1.96. The van der Waals surface area contributed by atoms with Gasteiger partial charge in [-0.3, -0.25) is 0 Å². The van der Waals surface area contributed by atoms with E-state index in [9.17, 15) is 8.42 Å². The van der Waals surface area contributed by atoms with Gasteiger partial charge < -0.3 is 0 Å². The first-order valence-corrected chi connectivity index (χ1v) is 10.6. The SMILES string of the molecule is CSc1ccc(S(=O)(=O)N[C@H](C)c2ccc(C(C)(C)C)cc2)cc1. The Kier molecular flexibility index (Phi) is 5.78. The minimum Gasteiger partial charge on any atom is -0.207 e. The molecule has 1 N–H and O–H groups in total. The highest BCUT2D eigenvalue weighted by Gasteiger charge is 2.19. The standard InChI is InChI=1S/C19H25NO2S2/c1-14(15-6-8-16(9-7-15)19(2,3)4)20-24(21,22)18-12-10-17(23-5)11-13-18/h6-14,20H,1-5H3/t14-/m1/s1. The zero-order valence-corrected chi connectivity index (χ0v) is 16.5. The molecule has 0 radical (unpaired) electrons. The van der Waals surface area contributed by atoms with Crippen molar-refractivity contribution in [3.05, 3.63) is 59.7 Å². The number of hydrogen-bond donors (Lipinski definition) is 1. The Morgan fingerprint density at radius 1 is 0.958 bits per heavy atom. The average molecular weight is 364 g/mol. The van der Waals surface area contributed by atoms with E-state index in [1.165, 1.54) is 5.56 Å². The summed E-state index contributed by atoms with van der Waals surface area (Å²) in [5, 5.41) is 0. The van der Waals surface area contributed by atoms with Gasteiger partial charge in [-0.15, -0.1) is 11.8 Å². The van der Waals surface area contributed by atoms with Crippen molar-refractivity contribution in [2.24, 2.45) is 0 Å². The number of hydrogen-bond acceptors (Lipinski definition) is 3. The number of sulfonamides is 1. The zero-order valence-electron chi connectivity index (χ0n) is 14.8. The first-order chi connectivity index (χ1) is 11.1. The van der Waals surface area contributed by atoms with Crippen LogP contribution in [0.4, 0.5) is 0 Å². The number of rotatable bonds is 5. The van der Waals surface area contributed by atoms with Crippen LogP contribution in [0.5, 0.6) is 0 Å². The van der Waals surface area contributed by atoms with Crippen molar-refractivity contribution >= 4 is 21.8 Å². The van der Waals surface area contributed by atoms with Crippen LogP contribution in [-0.2, 0) is 15.4 Å². The van der Waals surface area contributed by atoms with Crippen LogP contribution in [0.1, 0.15) is 44.9 Å². The zero-order chi connectivity index (χ0) is 18.0. The Hall–Kier alpha value is -1.30. The fourth-order valence-corrected chi connectivity index (χ4v) is 4.04. The molecule has 5 heteroatoms. The van der Waals surface area contributed by atoms with E-state index < -0.39 is 10.0 Å². The largest absolute Gasteiger partial charge is 0.241 e. The Morgan fingerprint density at radius 2 is 1.50 bits per heavy atom. The third-order valence-corrected chi connectivity index (χ3v) is 6.28. The summed E-state index contributed by atoms with van der Waals surface area (Å²) in [6.45, 7) is 8.34. The van der Waals surface area contributed by atoms with Crippen molar-refractivity contribution in [1.29, 1.82) is 0 Å². The minimum absolute atomic E-state index is 0.0836. The number of thioether (sulfide) groups is 1. The Labute approximate surface area is 149 Å². The van der Waals surface area contributed by atoms with Crippen LogP contribution in [0.15, 0.2) is 58.3 Å². The van der Waals surface area contributed by atoms with Crippen molar-refractivity contribution in [3.8, 4) is 0 Å². The first kappa shape index (κ1) is 19.0. The van der Waals surface area contributed by atoms with Crippen LogP contribution in [-0.4, -0.2) is 14.7 Å². The van der Waals surface area contributed by atoms with Crippen LogP contribution in [0.3, 0.4) is 0 Å². The lowest BCUT2D eigenvalue weighted by Crippen LogP contribution is -2.27. The summed E-state index contributed by atoms with van der Waals surface area (Å²) in [5.74, 6) is 0. The maximum absolute atomic E-state index is 12.5. The van der Waals surface area contributed by atoms with E-state index >= 15 is 0 Å². The molecule has 2 rings (SSSR count). The van der Waals surface area contributed by atoms with Crippen molar-refractivity contribution in [2.45, 2.75) is 48.9 Å². The molecule has 0 aliphatic rings. The molecular formula is C19H25NO2S2. The smallest absolute Gasteiger partial charge is 0.207 e. The van der Waals surface area contributed by atoms with Gasteiger partial charge in [0, 0.05) is 10.9 Å². The molecule has 2 aromatic carbocycles. The molecule has 0 spiro atoms. The maximum Gasteiger partial charge on any atom is 0.241 e. The summed E-state index contributed by atoms with van der Waals surface area (Å²) in [7, 11) is -3.53. The van der Waals surface area contributed by atoms with Gasteiger partial charge in [0.1, 0.15) is 0 Å². The van der Waals surface area contributed by atoms with Crippen LogP contribution in [0.25, 0.3) is 0 Å². The fraction of sp³-hybridized carbons (Fsp3) is 0.368. The van der Waals surface area contributed by atoms with E-state index in [1.807, 2.05) is 37.4 Å². The second kappa shape index (κ2) is 7.30. The highest BCUT2D eigenvalue weighted by Crippen LogP contribution is 2.25. The number of benzene rings is 2. The summed E-state index contributed by atoms with van der Waals surface area (Å²) in [5.41, 5.74) is 2.27. The molecule has 24 heavy (non-hydrogen) atoms. The van der Waals surface area contributed by atoms with E-state index in [-0.39, 0.29) is 11.5 Å². The molecule has 0 aliphatic carbocycles. The Bertz CT molecular complexity index is 774. The third-order valence-electron chi connectivity index (χ3n) is 3.98. The van der Waals surface area contributed by atoms with E-state index in [0.29, 0.717) is 4.90 Å². The van der Waals surface area contributed by atoms with E-state index in [4.69, 9.17) is 0 Å². The molecule has 0 aliphatic heterocycles. The molecule has 0 unspecified atom stereocenters. The maximum atomic E-state index is 12.5. The lowest BCUT2D eigenvalue weighted by molar-refractivity contribution is 0.565. The van der Waals surface area contributed by atoms with Gasteiger partial charge in [0.15, 0.2) is 0 Å². The van der Waals surface area contributed by atoms with Gasteiger partial charge in [-0.2, -0.15) is 0 Å². The summed E-state index contributed by atoms with van der Waals surface area (Å²) < 4.78 is 27.8. The topological polar surface area (TPSA) is 46.2 Å². The van der Waals surface area contributed by atoms with Crippen molar-refractivity contribution in [2.75, 3.05) is 6.26 Å². The summed E-state index contributed by atoms with van der Waals surface area (Å²) >= 11 is 1.59.